The molecule has 0 amide bonds. The molecule has 0 radical (unpaired) electrons. The maximum atomic E-state index is 12.7. The largest absolute Gasteiger partial charge is 0.477 e. The minimum atomic E-state index is -0.887. The average Bonchev–Trinajstić information content (AvgIpc) is 3.15. The summed E-state index contributed by atoms with van der Waals surface area (Å²) in [4.78, 5) is 36.9. The second-order valence-corrected chi connectivity index (χ2v) is 15.2. The van der Waals surface area contributed by atoms with Crippen molar-refractivity contribution in [3.8, 4) is 0 Å². The summed E-state index contributed by atoms with van der Waals surface area (Å²) in [5.41, 5.74) is 0. The second kappa shape index (κ2) is 38.4. The predicted molar refractivity (Wildman–Crippen MR) is 233 cm³/mol. The van der Waals surface area contributed by atoms with E-state index < -0.39 is 18.1 Å². The lowest BCUT2D eigenvalue weighted by molar-refractivity contribution is -0.887. The molecule has 318 valence electrons. The quantitative estimate of drug-likeness (QED) is 0.0290. The van der Waals surface area contributed by atoms with E-state index in [2.05, 4.69) is 98.9 Å². The van der Waals surface area contributed by atoms with Crippen molar-refractivity contribution in [3.63, 3.8) is 0 Å². The lowest BCUT2D eigenvalue weighted by Crippen LogP contribution is -2.50. The number of carbonyl (C=O) groups excluding carboxylic acids is 2. The van der Waals surface area contributed by atoms with Gasteiger partial charge in [0.05, 0.1) is 34.4 Å². The van der Waals surface area contributed by atoms with E-state index in [4.69, 9.17) is 14.2 Å². The molecular weight excluding hydrogens is 703 g/mol. The SMILES string of the molecule is CC/C=C/C/C=C/C/C=C/C/C=C/C/C=C/C/C=C/CCCCC(=O)OCC(COCCC(C(=O)O)[N+](C)(C)C)OC(=O)CCCCCCC/C=C/CCCC. The highest BCUT2D eigenvalue weighted by Crippen LogP contribution is 2.12. The van der Waals surface area contributed by atoms with E-state index in [9.17, 15) is 19.5 Å². The van der Waals surface area contributed by atoms with Crippen molar-refractivity contribution in [2.24, 2.45) is 0 Å². The van der Waals surface area contributed by atoms with Crippen molar-refractivity contribution < 1.29 is 38.2 Å². The number of carboxylic acids is 1. The van der Waals surface area contributed by atoms with E-state index in [1.807, 2.05) is 21.1 Å². The Bertz CT molecular complexity index is 1190. The van der Waals surface area contributed by atoms with Gasteiger partial charge in [-0.25, -0.2) is 4.79 Å². The third-order valence-electron chi connectivity index (χ3n) is 9.03. The van der Waals surface area contributed by atoms with Crippen LogP contribution in [-0.2, 0) is 28.6 Å². The van der Waals surface area contributed by atoms with Crippen molar-refractivity contribution in [2.45, 2.75) is 161 Å². The lowest BCUT2D eigenvalue weighted by atomic mass is 10.1. The first-order valence-electron chi connectivity index (χ1n) is 21.6. The van der Waals surface area contributed by atoms with Crippen LogP contribution < -0.4 is 0 Å². The second-order valence-electron chi connectivity index (χ2n) is 15.2. The first-order valence-corrected chi connectivity index (χ1v) is 21.6. The van der Waals surface area contributed by atoms with Gasteiger partial charge in [-0.2, -0.15) is 0 Å². The fourth-order valence-electron chi connectivity index (χ4n) is 5.66. The number of carboxylic acid groups (broad SMARTS) is 1. The van der Waals surface area contributed by atoms with E-state index in [0.29, 0.717) is 25.7 Å². The van der Waals surface area contributed by atoms with Gasteiger partial charge in [-0.05, 0) is 83.5 Å². The van der Waals surface area contributed by atoms with Crippen molar-refractivity contribution in [3.05, 3.63) is 85.1 Å². The van der Waals surface area contributed by atoms with E-state index in [1.54, 1.807) is 0 Å². The molecule has 0 aromatic heterocycles. The fourth-order valence-corrected chi connectivity index (χ4v) is 5.66. The molecule has 8 heteroatoms. The summed E-state index contributed by atoms with van der Waals surface area (Å²) in [5, 5.41) is 9.60. The van der Waals surface area contributed by atoms with Crippen LogP contribution in [0.25, 0.3) is 0 Å². The zero-order chi connectivity index (χ0) is 41.4. The zero-order valence-electron chi connectivity index (χ0n) is 36.1. The minimum absolute atomic E-state index is 0.0386. The number of rotatable bonds is 37. The summed E-state index contributed by atoms with van der Waals surface area (Å²) in [6.07, 6.45) is 49.2. The van der Waals surface area contributed by atoms with Crippen LogP contribution in [0.3, 0.4) is 0 Å². The van der Waals surface area contributed by atoms with Crippen molar-refractivity contribution >= 4 is 17.9 Å². The lowest BCUT2D eigenvalue weighted by Gasteiger charge is -2.31. The van der Waals surface area contributed by atoms with Crippen LogP contribution in [0.4, 0.5) is 0 Å². The molecule has 2 atom stereocenters. The van der Waals surface area contributed by atoms with Gasteiger partial charge in [0.25, 0.3) is 0 Å². The highest BCUT2D eigenvalue weighted by atomic mass is 16.6. The Balaban J connectivity index is 4.42. The molecule has 56 heavy (non-hydrogen) atoms. The first kappa shape index (κ1) is 52.5. The van der Waals surface area contributed by atoms with E-state index in [0.717, 1.165) is 96.3 Å². The summed E-state index contributed by atoms with van der Waals surface area (Å²) in [5.74, 6) is -1.55. The number of aliphatic carboxylic acids is 1. The molecule has 0 fully saturated rings. The van der Waals surface area contributed by atoms with Crippen molar-refractivity contribution in [2.75, 3.05) is 41.0 Å². The van der Waals surface area contributed by atoms with Gasteiger partial charge >= 0.3 is 17.9 Å². The number of esters is 2. The number of carbonyl (C=O) groups is 3. The third kappa shape index (κ3) is 36.2. The maximum absolute atomic E-state index is 12.7. The van der Waals surface area contributed by atoms with E-state index in [-0.39, 0.29) is 36.2 Å². The van der Waals surface area contributed by atoms with Crippen LogP contribution in [0.1, 0.15) is 149 Å². The monoisotopic (exact) mass is 783 g/mol. The summed E-state index contributed by atoms with van der Waals surface area (Å²) in [6.45, 7) is 4.50. The molecule has 1 N–H and O–H groups in total. The van der Waals surface area contributed by atoms with Crippen molar-refractivity contribution in [1.29, 1.82) is 0 Å². The van der Waals surface area contributed by atoms with Gasteiger partial charge in [0.1, 0.15) is 6.61 Å². The molecule has 0 aromatic carbocycles. The smallest absolute Gasteiger partial charge is 0.362 e. The molecular formula is C48H80NO7+. The van der Waals surface area contributed by atoms with Crippen LogP contribution in [0.5, 0.6) is 0 Å². The van der Waals surface area contributed by atoms with E-state index in [1.165, 1.54) is 12.8 Å². The molecule has 0 aliphatic carbocycles. The van der Waals surface area contributed by atoms with Gasteiger partial charge in [0.15, 0.2) is 12.1 Å². The fraction of sp³-hybridized carbons (Fsp3) is 0.646. The normalized spacial score (nSPS) is 13.8. The summed E-state index contributed by atoms with van der Waals surface area (Å²) < 4.78 is 17.2. The third-order valence-corrected chi connectivity index (χ3v) is 9.03. The Morgan fingerprint density at radius 2 is 1.00 bits per heavy atom. The van der Waals surface area contributed by atoms with Crippen LogP contribution >= 0.6 is 0 Å². The highest BCUT2D eigenvalue weighted by molar-refractivity contribution is 5.72. The minimum Gasteiger partial charge on any atom is -0.477 e. The van der Waals surface area contributed by atoms with Gasteiger partial charge in [-0.3, -0.25) is 9.59 Å². The zero-order valence-corrected chi connectivity index (χ0v) is 36.1. The Kier molecular flexibility index (Phi) is 36.0. The number of ether oxygens (including phenoxy) is 3. The molecule has 0 spiro atoms. The van der Waals surface area contributed by atoms with Gasteiger partial charge in [0.2, 0.25) is 0 Å². The summed E-state index contributed by atoms with van der Waals surface area (Å²) in [6, 6.07) is -0.626. The van der Waals surface area contributed by atoms with Crippen molar-refractivity contribution in [1.82, 2.24) is 0 Å². The topological polar surface area (TPSA) is 99.1 Å². The standard InChI is InChI=1S/C48H79NO7/c1-6-8-10-12-14-16-18-19-20-21-22-23-24-25-26-27-29-30-32-34-36-38-46(50)55-43-44(42-54-41-40-45(48(52)53)49(3,4)5)56-47(51)39-37-35-33-31-28-17-15-13-11-9-7-2/h8,10,13-16,19-20,22-23,25-26,29-30,44-45H,6-7,9,11-12,17-18,21,24,27-28,31-43H2,1-5H3/p+1/b10-8+,15-13+,16-14+,20-19+,23-22+,26-25+,30-29+. The van der Waals surface area contributed by atoms with Gasteiger partial charge in [-0.1, -0.05) is 131 Å². The molecule has 0 aliphatic rings. The van der Waals surface area contributed by atoms with Crippen LogP contribution in [-0.4, -0.2) is 80.6 Å². The van der Waals surface area contributed by atoms with Crippen LogP contribution in [0.15, 0.2) is 85.1 Å². The molecule has 0 bridgehead atoms. The molecule has 0 saturated heterocycles. The molecule has 0 aliphatic heterocycles. The number of allylic oxidation sites excluding steroid dienone is 14. The Labute approximate surface area is 342 Å². The van der Waals surface area contributed by atoms with Crippen LogP contribution in [0, 0.1) is 0 Å². The van der Waals surface area contributed by atoms with Gasteiger partial charge in [0, 0.05) is 19.3 Å². The van der Waals surface area contributed by atoms with E-state index >= 15 is 0 Å². The number of likely N-dealkylation sites (N-methyl/N-ethyl adjacent to an activating group) is 1. The molecule has 0 heterocycles. The molecule has 0 aromatic rings. The Hall–Kier alpha value is -3.49. The maximum Gasteiger partial charge on any atom is 0.362 e. The summed E-state index contributed by atoms with van der Waals surface area (Å²) >= 11 is 0. The Morgan fingerprint density at radius 1 is 0.554 bits per heavy atom. The number of unbranched alkanes of at least 4 members (excludes halogenated alkanes) is 9. The average molecular weight is 783 g/mol. The first-order chi connectivity index (χ1) is 27.1. The molecule has 0 saturated carbocycles. The molecule has 2 unspecified atom stereocenters. The van der Waals surface area contributed by atoms with Gasteiger partial charge in [-0.15, -0.1) is 0 Å². The van der Waals surface area contributed by atoms with Gasteiger partial charge < -0.3 is 23.8 Å². The number of quaternary nitrogens is 1. The number of hydrogen-bond acceptors (Lipinski definition) is 6. The number of hydrogen-bond donors (Lipinski definition) is 1. The molecule has 8 nitrogen and oxygen atoms in total. The van der Waals surface area contributed by atoms with Crippen LogP contribution in [0.2, 0.25) is 0 Å². The predicted octanol–water partition coefficient (Wildman–Crippen LogP) is 11.7. The molecule has 0 rings (SSSR count). The number of nitrogens with zero attached hydrogens (tertiary/aromatic N) is 1. The Morgan fingerprint density at radius 3 is 1.54 bits per heavy atom. The highest BCUT2D eigenvalue weighted by Gasteiger charge is 2.31. The summed E-state index contributed by atoms with van der Waals surface area (Å²) in [7, 11) is 5.50.